The number of anilines is 1. The molecule has 0 saturated carbocycles. The van der Waals surface area contributed by atoms with Gasteiger partial charge in [-0.25, -0.2) is 4.98 Å². The standard InChI is InChI=1S/C17H26N4O/c1-14(2)19-9-11-20(12-10-19)16-6-5-15(13-18-16)17(22)21-7-3-4-8-21/h5-6,13-14H,3-4,7-12H2,1-2H3. The lowest BCUT2D eigenvalue weighted by molar-refractivity contribution is 0.0792. The lowest BCUT2D eigenvalue weighted by atomic mass is 10.2. The third-order valence-corrected chi connectivity index (χ3v) is 4.76. The lowest BCUT2D eigenvalue weighted by Gasteiger charge is -2.37. The number of likely N-dealkylation sites (tertiary alicyclic amines) is 1. The average molecular weight is 302 g/mol. The van der Waals surface area contributed by atoms with Crippen LogP contribution in [0.5, 0.6) is 0 Å². The highest BCUT2D eigenvalue weighted by Gasteiger charge is 2.22. The van der Waals surface area contributed by atoms with E-state index in [-0.39, 0.29) is 5.91 Å². The Morgan fingerprint density at radius 1 is 1.05 bits per heavy atom. The Labute approximate surface area is 132 Å². The van der Waals surface area contributed by atoms with Gasteiger partial charge in [-0.3, -0.25) is 9.69 Å². The van der Waals surface area contributed by atoms with Crippen LogP contribution in [0.2, 0.25) is 0 Å². The smallest absolute Gasteiger partial charge is 0.255 e. The first-order chi connectivity index (χ1) is 10.6. The van der Waals surface area contributed by atoms with Gasteiger partial charge in [0, 0.05) is 51.5 Å². The number of carbonyl (C=O) groups is 1. The van der Waals surface area contributed by atoms with Gasteiger partial charge in [0.15, 0.2) is 0 Å². The van der Waals surface area contributed by atoms with Crippen LogP contribution in [0.15, 0.2) is 18.3 Å². The van der Waals surface area contributed by atoms with E-state index in [1.165, 1.54) is 0 Å². The number of carbonyl (C=O) groups excluding carboxylic acids is 1. The van der Waals surface area contributed by atoms with Crippen LogP contribution in [0, 0.1) is 0 Å². The highest BCUT2D eigenvalue weighted by Crippen LogP contribution is 2.17. The number of hydrogen-bond acceptors (Lipinski definition) is 4. The molecule has 0 atom stereocenters. The van der Waals surface area contributed by atoms with Crippen molar-refractivity contribution in [1.29, 1.82) is 0 Å². The van der Waals surface area contributed by atoms with Gasteiger partial charge in [-0.15, -0.1) is 0 Å². The van der Waals surface area contributed by atoms with Crippen molar-refractivity contribution in [3.8, 4) is 0 Å². The molecule has 1 aromatic heterocycles. The van der Waals surface area contributed by atoms with Crippen molar-refractivity contribution in [2.75, 3.05) is 44.2 Å². The largest absolute Gasteiger partial charge is 0.354 e. The highest BCUT2D eigenvalue weighted by molar-refractivity contribution is 5.94. The fourth-order valence-electron chi connectivity index (χ4n) is 3.27. The van der Waals surface area contributed by atoms with Crippen LogP contribution in [0.1, 0.15) is 37.0 Å². The molecule has 2 saturated heterocycles. The Bertz CT molecular complexity index is 500. The molecular weight excluding hydrogens is 276 g/mol. The molecule has 2 aliphatic heterocycles. The van der Waals surface area contributed by atoms with E-state index in [9.17, 15) is 4.79 Å². The molecule has 2 aliphatic rings. The fourth-order valence-corrected chi connectivity index (χ4v) is 3.27. The van der Waals surface area contributed by atoms with Crippen LogP contribution in [0.3, 0.4) is 0 Å². The molecule has 0 aromatic carbocycles. The van der Waals surface area contributed by atoms with Crippen molar-refractivity contribution >= 4 is 11.7 Å². The molecule has 3 heterocycles. The summed E-state index contributed by atoms with van der Waals surface area (Å²) in [4.78, 5) is 23.6. The highest BCUT2D eigenvalue weighted by atomic mass is 16.2. The number of amides is 1. The Morgan fingerprint density at radius 3 is 2.27 bits per heavy atom. The first kappa shape index (κ1) is 15.3. The van der Waals surface area contributed by atoms with E-state index in [0.29, 0.717) is 11.6 Å². The van der Waals surface area contributed by atoms with Crippen LogP contribution in [0.4, 0.5) is 5.82 Å². The molecule has 0 spiro atoms. The number of hydrogen-bond donors (Lipinski definition) is 0. The first-order valence-electron chi connectivity index (χ1n) is 8.39. The van der Waals surface area contributed by atoms with Crippen molar-refractivity contribution in [1.82, 2.24) is 14.8 Å². The van der Waals surface area contributed by atoms with Crippen molar-refractivity contribution in [3.63, 3.8) is 0 Å². The van der Waals surface area contributed by atoms with E-state index in [4.69, 9.17) is 0 Å². The van der Waals surface area contributed by atoms with Crippen LogP contribution in [-0.4, -0.2) is 66.0 Å². The molecule has 22 heavy (non-hydrogen) atoms. The summed E-state index contributed by atoms with van der Waals surface area (Å²) in [6, 6.07) is 4.53. The maximum Gasteiger partial charge on any atom is 0.255 e. The molecule has 5 heteroatoms. The summed E-state index contributed by atoms with van der Waals surface area (Å²) in [6.45, 7) is 10.4. The van der Waals surface area contributed by atoms with E-state index >= 15 is 0 Å². The van der Waals surface area contributed by atoms with E-state index in [0.717, 1.165) is 57.9 Å². The van der Waals surface area contributed by atoms with Gasteiger partial charge < -0.3 is 9.80 Å². The molecule has 2 fully saturated rings. The Morgan fingerprint density at radius 2 is 1.73 bits per heavy atom. The predicted octanol–water partition coefficient (Wildman–Crippen LogP) is 1.85. The average Bonchev–Trinajstić information content (AvgIpc) is 3.09. The maximum atomic E-state index is 12.3. The van der Waals surface area contributed by atoms with Crippen molar-refractivity contribution in [3.05, 3.63) is 23.9 Å². The Balaban J connectivity index is 1.61. The van der Waals surface area contributed by atoms with Crippen LogP contribution >= 0.6 is 0 Å². The second-order valence-electron chi connectivity index (χ2n) is 6.52. The van der Waals surface area contributed by atoms with E-state index < -0.39 is 0 Å². The summed E-state index contributed by atoms with van der Waals surface area (Å²) in [5.74, 6) is 1.11. The number of piperazine rings is 1. The zero-order valence-corrected chi connectivity index (χ0v) is 13.7. The van der Waals surface area contributed by atoms with E-state index in [1.807, 2.05) is 17.0 Å². The van der Waals surface area contributed by atoms with E-state index in [2.05, 4.69) is 28.6 Å². The third-order valence-electron chi connectivity index (χ3n) is 4.76. The lowest BCUT2D eigenvalue weighted by Crippen LogP contribution is -2.49. The molecule has 0 radical (unpaired) electrons. The second-order valence-corrected chi connectivity index (χ2v) is 6.52. The summed E-state index contributed by atoms with van der Waals surface area (Å²) < 4.78 is 0. The molecule has 0 N–H and O–H groups in total. The minimum Gasteiger partial charge on any atom is -0.354 e. The summed E-state index contributed by atoms with van der Waals surface area (Å²) in [5, 5.41) is 0. The minimum absolute atomic E-state index is 0.126. The van der Waals surface area contributed by atoms with E-state index in [1.54, 1.807) is 6.20 Å². The monoisotopic (exact) mass is 302 g/mol. The third kappa shape index (κ3) is 3.24. The van der Waals surface area contributed by atoms with Crippen molar-refractivity contribution < 1.29 is 4.79 Å². The Hall–Kier alpha value is -1.62. The Kier molecular flexibility index (Phi) is 4.62. The second kappa shape index (κ2) is 6.65. The molecule has 3 rings (SSSR count). The van der Waals surface area contributed by atoms with Crippen LogP contribution in [-0.2, 0) is 0 Å². The summed E-state index contributed by atoms with van der Waals surface area (Å²) in [5.41, 5.74) is 0.714. The fraction of sp³-hybridized carbons (Fsp3) is 0.647. The first-order valence-corrected chi connectivity index (χ1v) is 8.39. The zero-order chi connectivity index (χ0) is 15.5. The topological polar surface area (TPSA) is 39.7 Å². The van der Waals surface area contributed by atoms with Gasteiger partial charge in [-0.1, -0.05) is 0 Å². The van der Waals surface area contributed by atoms with Gasteiger partial charge in [0.05, 0.1) is 5.56 Å². The van der Waals surface area contributed by atoms with Gasteiger partial charge >= 0.3 is 0 Å². The molecular formula is C17H26N4O. The molecule has 1 aromatic rings. The van der Waals surface area contributed by atoms with Gasteiger partial charge in [0.2, 0.25) is 0 Å². The molecule has 0 bridgehead atoms. The van der Waals surface area contributed by atoms with Crippen molar-refractivity contribution in [2.24, 2.45) is 0 Å². The van der Waals surface area contributed by atoms with Gasteiger partial charge in [0.25, 0.3) is 5.91 Å². The number of nitrogens with zero attached hydrogens (tertiary/aromatic N) is 4. The molecule has 0 aliphatic carbocycles. The predicted molar refractivity (Wildman–Crippen MR) is 88.3 cm³/mol. The summed E-state index contributed by atoms with van der Waals surface area (Å²) >= 11 is 0. The van der Waals surface area contributed by atoms with Crippen molar-refractivity contribution in [2.45, 2.75) is 32.7 Å². The number of aromatic nitrogens is 1. The number of rotatable bonds is 3. The molecule has 120 valence electrons. The SMILES string of the molecule is CC(C)N1CCN(c2ccc(C(=O)N3CCCC3)cn2)CC1. The quantitative estimate of drug-likeness (QED) is 0.854. The van der Waals surface area contributed by atoms with Gasteiger partial charge in [-0.2, -0.15) is 0 Å². The van der Waals surface area contributed by atoms with Gasteiger partial charge in [-0.05, 0) is 38.8 Å². The van der Waals surface area contributed by atoms with Crippen LogP contribution < -0.4 is 4.90 Å². The molecule has 1 amide bonds. The maximum absolute atomic E-state index is 12.3. The summed E-state index contributed by atoms with van der Waals surface area (Å²) in [7, 11) is 0. The molecule has 0 unspecified atom stereocenters. The zero-order valence-electron chi connectivity index (χ0n) is 13.7. The van der Waals surface area contributed by atoms with Crippen LogP contribution in [0.25, 0.3) is 0 Å². The minimum atomic E-state index is 0.126. The summed E-state index contributed by atoms with van der Waals surface area (Å²) in [6.07, 6.45) is 3.99. The molecule has 5 nitrogen and oxygen atoms in total. The van der Waals surface area contributed by atoms with Gasteiger partial charge in [0.1, 0.15) is 5.82 Å². The number of pyridine rings is 1. The normalized spacial score (nSPS) is 20.0.